The van der Waals surface area contributed by atoms with Crippen LogP contribution in [0.1, 0.15) is 17.9 Å². The predicted octanol–water partition coefficient (Wildman–Crippen LogP) is 1.07. The number of anilines is 1. The number of nitrogens with one attached hydrogen (secondary N) is 1. The molecule has 1 aromatic heterocycles. The molecule has 0 saturated carbocycles. The Balaban J connectivity index is 2.05. The van der Waals surface area contributed by atoms with Gasteiger partial charge in [0.05, 0.1) is 12.5 Å². The van der Waals surface area contributed by atoms with Gasteiger partial charge in [-0.3, -0.25) is 4.79 Å². The summed E-state index contributed by atoms with van der Waals surface area (Å²) in [5.41, 5.74) is 0.852. The summed E-state index contributed by atoms with van der Waals surface area (Å²) in [4.78, 5) is 20.1. The first kappa shape index (κ1) is 11.0. The lowest BCUT2D eigenvalue weighted by Gasteiger charge is -2.09. The van der Waals surface area contributed by atoms with E-state index in [4.69, 9.17) is 4.74 Å². The molecule has 1 aliphatic rings. The van der Waals surface area contributed by atoms with E-state index >= 15 is 0 Å². The normalized spacial score (nSPS) is 19.8. The Kier molecular flexibility index (Phi) is 3.14. The number of rotatable bonds is 2. The molecular weight excluding hydrogens is 206 g/mol. The first-order valence-electron chi connectivity index (χ1n) is 5.36. The molecule has 1 unspecified atom stereocenters. The van der Waals surface area contributed by atoms with Crippen molar-refractivity contribution in [3.63, 3.8) is 0 Å². The van der Waals surface area contributed by atoms with Gasteiger partial charge in [0.15, 0.2) is 0 Å². The summed E-state index contributed by atoms with van der Waals surface area (Å²) >= 11 is 0. The lowest BCUT2D eigenvalue weighted by molar-refractivity contribution is -0.119. The quantitative estimate of drug-likeness (QED) is 0.811. The van der Waals surface area contributed by atoms with Crippen LogP contribution < -0.4 is 5.32 Å². The van der Waals surface area contributed by atoms with Gasteiger partial charge in [-0.1, -0.05) is 0 Å². The number of hydrogen-bond donors (Lipinski definition) is 1. The van der Waals surface area contributed by atoms with E-state index in [2.05, 4.69) is 15.3 Å². The summed E-state index contributed by atoms with van der Waals surface area (Å²) in [5, 5.41) is 2.80. The van der Waals surface area contributed by atoms with Gasteiger partial charge in [0.25, 0.3) is 0 Å². The molecule has 1 N–H and O–H groups in total. The van der Waals surface area contributed by atoms with Gasteiger partial charge in [0.2, 0.25) is 5.91 Å². The molecule has 1 fully saturated rings. The van der Waals surface area contributed by atoms with Crippen molar-refractivity contribution in [1.29, 1.82) is 0 Å². The average Bonchev–Trinajstić information content (AvgIpc) is 2.68. The van der Waals surface area contributed by atoms with Gasteiger partial charge in [-0.05, 0) is 20.3 Å². The van der Waals surface area contributed by atoms with E-state index in [0.29, 0.717) is 24.9 Å². The zero-order valence-electron chi connectivity index (χ0n) is 9.49. The number of carbonyl (C=O) groups is 1. The van der Waals surface area contributed by atoms with Crippen LogP contribution in [0.25, 0.3) is 0 Å². The van der Waals surface area contributed by atoms with E-state index in [0.717, 1.165) is 12.1 Å². The van der Waals surface area contributed by atoms with Crippen molar-refractivity contribution >= 4 is 11.7 Å². The highest BCUT2D eigenvalue weighted by Crippen LogP contribution is 2.15. The minimum Gasteiger partial charge on any atom is -0.381 e. The van der Waals surface area contributed by atoms with Crippen molar-refractivity contribution in [3.05, 3.63) is 17.6 Å². The minimum absolute atomic E-state index is 0.0185. The van der Waals surface area contributed by atoms with Gasteiger partial charge >= 0.3 is 0 Å². The van der Waals surface area contributed by atoms with Crippen LogP contribution in [-0.4, -0.2) is 29.1 Å². The van der Waals surface area contributed by atoms with E-state index in [1.165, 1.54) is 0 Å². The largest absolute Gasteiger partial charge is 0.381 e. The number of hydrogen-bond acceptors (Lipinski definition) is 4. The third-order valence-corrected chi connectivity index (χ3v) is 2.52. The van der Waals surface area contributed by atoms with Gasteiger partial charge in [-0.2, -0.15) is 0 Å². The van der Waals surface area contributed by atoms with Crippen molar-refractivity contribution in [2.24, 2.45) is 5.92 Å². The minimum atomic E-state index is -0.0458. The molecule has 5 nitrogen and oxygen atoms in total. The number of ether oxygens (including phenoxy) is 1. The Morgan fingerprint density at radius 2 is 2.31 bits per heavy atom. The summed E-state index contributed by atoms with van der Waals surface area (Å²) in [7, 11) is 0. The number of amides is 1. The monoisotopic (exact) mass is 221 g/mol. The molecule has 16 heavy (non-hydrogen) atoms. The average molecular weight is 221 g/mol. The van der Waals surface area contributed by atoms with Crippen molar-refractivity contribution < 1.29 is 9.53 Å². The van der Waals surface area contributed by atoms with Crippen LogP contribution in [0.2, 0.25) is 0 Å². The fourth-order valence-electron chi connectivity index (χ4n) is 1.75. The molecule has 0 aliphatic carbocycles. The molecule has 2 heterocycles. The first-order chi connectivity index (χ1) is 7.65. The predicted molar refractivity (Wildman–Crippen MR) is 59.1 cm³/mol. The zero-order valence-corrected chi connectivity index (χ0v) is 9.49. The molecule has 1 aromatic rings. The van der Waals surface area contributed by atoms with E-state index < -0.39 is 0 Å². The molecule has 1 atom stereocenters. The van der Waals surface area contributed by atoms with Gasteiger partial charge in [-0.15, -0.1) is 0 Å². The smallest absolute Gasteiger partial charge is 0.231 e. The second kappa shape index (κ2) is 4.57. The van der Waals surface area contributed by atoms with Gasteiger partial charge in [0.1, 0.15) is 11.6 Å². The Labute approximate surface area is 94.2 Å². The molecule has 0 bridgehead atoms. The van der Waals surface area contributed by atoms with Crippen LogP contribution in [-0.2, 0) is 9.53 Å². The number of aromatic nitrogens is 2. The molecule has 86 valence electrons. The third-order valence-electron chi connectivity index (χ3n) is 2.52. The van der Waals surface area contributed by atoms with E-state index in [-0.39, 0.29) is 11.8 Å². The van der Waals surface area contributed by atoms with Crippen LogP contribution in [0.4, 0.5) is 5.82 Å². The molecule has 1 saturated heterocycles. The topological polar surface area (TPSA) is 64.1 Å². The Bertz CT molecular complexity index is 380. The SMILES string of the molecule is Cc1cc(NC(=O)C2CCOC2)nc(C)n1. The maximum atomic E-state index is 11.8. The highest BCUT2D eigenvalue weighted by atomic mass is 16.5. The molecule has 0 spiro atoms. The molecule has 1 amide bonds. The lowest BCUT2D eigenvalue weighted by Crippen LogP contribution is -2.23. The maximum Gasteiger partial charge on any atom is 0.231 e. The standard InChI is InChI=1S/C11H15N3O2/c1-7-5-10(13-8(2)12-7)14-11(15)9-3-4-16-6-9/h5,9H,3-4,6H2,1-2H3,(H,12,13,14,15). The molecule has 1 aliphatic heterocycles. The third kappa shape index (κ3) is 2.55. The fraction of sp³-hybridized carbons (Fsp3) is 0.545. The zero-order chi connectivity index (χ0) is 11.5. The highest BCUT2D eigenvalue weighted by molar-refractivity contribution is 5.91. The first-order valence-corrected chi connectivity index (χ1v) is 5.36. The Morgan fingerprint density at radius 1 is 1.50 bits per heavy atom. The van der Waals surface area contributed by atoms with E-state index in [1.807, 2.05) is 6.92 Å². The summed E-state index contributed by atoms with van der Waals surface area (Å²) in [6.07, 6.45) is 0.787. The molecule has 0 radical (unpaired) electrons. The molecular formula is C11H15N3O2. The van der Waals surface area contributed by atoms with E-state index in [9.17, 15) is 4.79 Å². The highest BCUT2D eigenvalue weighted by Gasteiger charge is 2.23. The van der Waals surface area contributed by atoms with Crippen molar-refractivity contribution in [1.82, 2.24) is 9.97 Å². The van der Waals surface area contributed by atoms with Crippen molar-refractivity contribution in [3.8, 4) is 0 Å². The molecule has 0 aromatic carbocycles. The number of nitrogens with zero attached hydrogens (tertiary/aromatic N) is 2. The van der Waals surface area contributed by atoms with Crippen LogP contribution >= 0.6 is 0 Å². The van der Waals surface area contributed by atoms with Crippen molar-refractivity contribution in [2.75, 3.05) is 18.5 Å². The molecule has 5 heteroatoms. The summed E-state index contributed by atoms with van der Waals surface area (Å²) in [6, 6.07) is 1.76. The maximum absolute atomic E-state index is 11.8. The second-order valence-electron chi connectivity index (χ2n) is 3.99. The summed E-state index contributed by atoms with van der Waals surface area (Å²) in [5.74, 6) is 1.17. The van der Waals surface area contributed by atoms with Gasteiger partial charge < -0.3 is 10.1 Å². The van der Waals surface area contributed by atoms with Crippen LogP contribution in [0.3, 0.4) is 0 Å². The van der Waals surface area contributed by atoms with Gasteiger partial charge in [0, 0.05) is 18.4 Å². The van der Waals surface area contributed by atoms with Crippen LogP contribution in [0, 0.1) is 19.8 Å². The summed E-state index contributed by atoms with van der Waals surface area (Å²) < 4.78 is 5.17. The number of carbonyl (C=O) groups excluding carboxylic acids is 1. The summed E-state index contributed by atoms with van der Waals surface area (Å²) in [6.45, 7) is 4.86. The van der Waals surface area contributed by atoms with Crippen LogP contribution in [0.15, 0.2) is 6.07 Å². The lowest BCUT2D eigenvalue weighted by atomic mass is 10.1. The van der Waals surface area contributed by atoms with Gasteiger partial charge in [-0.25, -0.2) is 9.97 Å². The molecule has 2 rings (SSSR count). The second-order valence-corrected chi connectivity index (χ2v) is 3.99. The Morgan fingerprint density at radius 3 is 2.94 bits per heavy atom. The Hall–Kier alpha value is -1.49. The number of aryl methyl sites for hydroxylation is 2. The van der Waals surface area contributed by atoms with E-state index in [1.54, 1.807) is 13.0 Å². The van der Waals surface area contributed by atoms with Crippen molar-refractivity contribution in [2.45, 2.75) is 20.3 Å². The fourth-order valence-corrected chi connectivity index (χ4v) is 1.75. The van der Waals surface area contributed by atoms with Crippen LogP contribution in [0.5, 0.6) is 0 Å².